The number of aromatic nitrogens is 1. The van der Waals surface area contributed by atoms with Crippen molar-refractivity contribution >= 4 is 10.9 Å². The van der Waals surface area contributed by atoms with Crippen molar-refractivity contribution in [3.05, 3.63) is 42.1 Å². The number of benzene rings is 1. The molecule has 0 spiro atoms. The SMILES string of the molecule is CC(C)CNCC(C)NCc1ccnc2ccccc12. The van der Waals surface area contributed by atoms with Crippen molar-refractivity contribution in [1.82, 2.24) is 15.6 Å². The van der Waals surface area contributed by atoms with Gasteiger partial charge in [0.1, 0.15) is 0 Å². The second-order valence-electron chi connectivity index (χ2n) is 5.82. The Balaban J connectivity index is 1.89. The van der Waals surface area contributed by atoms with Crippen LogP contribution in [-0.4, -0.2) is 24.1 Å². The predicted molar refractivity (Wildman–Crippen MR) is 85.8 cm³/mol. The van der Waals surface area contributed by atoms with Crippen LogP contribution in [-0.2, 0) is 6.54 Å². The molecule has 0 fully saturated rings. The van der Waals surface area contributed by atoms with Gasteiger partial charge in [-0.05, 0) is 37.1 Å². The van der Waals surface area contributed by atoms with Crippen molar-refractivity contribution in [3.8, 4) is 0 Å². The molecule has 1 unspecified atom stereocenters. The van der Waals surface area contributed by atoms with Gasteiger partial charge in [0.2, 0.25) is 0 Å². The Labute approximate surface area is 121 Å². The minimum Gasteiger partial charge on any atom is -0.315 e. The first-order chi connectivity index (χ1) is 9.66. The fourth-order valence-corrected chi connectivity index (χ4v) is 2.25. The van der Waals surface area contributed by atoms with Gasteiger partial charge in [-0.25, -0.2) is 0 Å². The van der Waals surface area contributed by atoms with E-state index in [1.807, 2.05) is 12.3 Å². The molecule has 0 amide bonds. The Hall–Kier alpha value is -1.45. The standard InChI is InChI=1S/C17H25N3/c1-13(2)10-18-11-14(3)20-12-15-8-9-19-17-7-5-4-6-16(15)17/h4-9,13-14,18,20H,10-12H2,1-3H3. The first-order valence-corrected chi connectivity index (χ1v) is 7.43. The first kappa shape index (κ1) is 14.9. The third-order valence-electron chi connectivity index (χ3n) is 3.38. The molecular formula is C17H25N3. The third kappa shape index (κ3) is 4.29. The largest absolute Gasteiger partial charge is 0.315 e. The van der Waals surface area contributed by atoms with Gasteiger partial charge in [-0.1, -0.05) is 32.0 Å². The van der Waals surface area contributed by atoms with Gasteiger partial charge < -0.3 is 10.6 Å². The van der Waals surface area contributed by atoms with Crippen LogP contribution in [0, 0.1) is 5.92 Å². The summed E-state index contributed by atoms with van der Waals surface area (Å²) in [4.78, 5) is 4.40. The van der Waals surface area contributed by atoms with E-state index in [1.165, 1.54) is 10.9 Å². The number of nitrogens with zero attached hydrogens (tertiary/aromatic N) is 1. The van der Waals surface area contributed by atoms with Crippen LogP contribution in [0.15, 0.2) is 36.5 Å². The Kier molecular flexibility index (Phi) is 5.50. The topological polar surface area (TPSA) is 37.0 Å². The molecule has 0 aliphatic rings. The van der Waals surface area contributed by atoms with Crippen molar-refractivity contribution in [3.63, 3.8) is 0 Å². The lowest BCUT2D eigenvalue weighted by Crippen LogP contribution is -2.37. The number of hydrogen-bond donors (Lipinski definition) is 2. The summed E-state index contributed by atoms with van der Waals surface area (Å²) in [6.07, 6.45) is 1.89. The van der Waals surface area contributed by atoms with Crippen LogP contribution in [0.3, 0.4) is 0 Å². The lowest BCUT2D eigenvalue weighted by atomic mass is 10.1. The Bertz CT molecular complexity index is 531. The maximum atomic E-state index is 4.40. The summed E-state index contributed by atoms with van der Waals surface area (Å²) in [6.45, 7) is 9.64. The maximum Gasteiger partial charge on any atom is 0.0705 e. The van der Waals surface area contributed by atoms with E-state index in [-0.39, 0.29) is 0 Å². The molecule has 2 aromatic rings. The van der Waals surface area contributed by atoms with Crippen molar-refractivity contribution in [2.45, 2.75) is 33.4 Å². The molecule has 0 saturated carbocycles. The van der Waals surface area contributed by atoms with Gasteiger partial charge in [0, 0.05) is 30.7 Å². The predicted octanol–water partition coefficient (Wildman–Crippen LogP) is 2.96. The summed E-state index contributed by atoms with van der Waals surface area (Å²) >= 11 is 0. The van der Waals surface area contributed by atoms with Gasteiger partial charge in [0.05, 0.1) is 5.52 Å². The Morgan fingerprint density at radius 2 is 1.85 bits per heavy atom. The molecule has 3 heteroatoms. The summed E-state index contributed by atoms with van der Waals surface area (Å²) in [5, 5.41) is 8.30. The van der Waals surface area contributed by atoms with E-state index >= 15 is 0 Å². The molecule has 1 aromatic heterocycles. The smallest absolute Gasteiger partial charge is 0.0705 e. The van der Waals surface area contributed by atoms with Crippen LogP contribution in [0.5, 0.6) is 0 Å². The number of hydrogen-bond acceptors (Lipinski definition) is 3. The number of para-hydroxylation sites is 1. The number of rotatable bonds is 7. The van der Waals surface area contributed by atoms with Gasteiger partial charge in [0.15, 0.2) is 0 Å². The molecule has 0 aliphatic heterocycles. The van der Waals surface area contributed by atoms with Crippen LogP contribution in [0.4, 0.5) is 0 Å². The molecule has 2 rings (SSSR count). The van der Waals surface area contributed by atoms with Crippen molar-refractivity contribution in [2.75, 3.05) is 13.1 Å². The van der Waals surface area contributed by atoms with Crippen LogP contribution >= 0.6 is 0 Å². The minimum absolute atomic E-state index is 0.459. The molecule has 2 N–H and O–H groups in total. The van der Waals surface area contributed by atoms with Gasteiger partial charge in [-0.2, -0.15) is 0 Å². The van der Waals surface area contributed by atoms with E-state index in [2.05, 4.69) is 60.7 Å². The summed E-state index contributed by atoms with van der Waals surface area (Å²) in [6, 6.07) is 10.9. The summed E-state index contributed by atoms with van der Waals surface area (Å²) < 4.78 is 0. The quantitative estimate of drug-likeness (QED) is 0.813. The molecule has 0 saturated heterocycles. The second kappa shape index (κ2) is 7.36. The molecular weight excluding hydrogens is 246 g/mol. The summed E-state index contributed by atoms with van der Waals surface area (Å²) in [5.74, 6) is 0.700. The zero-order valence-electron chi connectivity index (χ0n) is 12.7. The zero-order chi connectivity index (χ0) is 14.4. The highest BCUT2D eigenvalue weighted by molar-refractivity contribution is 5.81. The normalized spacial score (nSPS) is 13.0. The third-order valence-corrected chi connectivity index (χ3v) is 3.38. The van der Waals surface area contributed by atoms with E-state index in [1.54, 1.807) is 0 Å². The second-order valence-corrected chi connectivity index (χ2v) is 5.82. The highest BCUT2D eigenvalue weighted by Gasteiger charge is 2.04. The lowest BCUT2D eigenvalue weighted by Gasteiger charge is -2.16. The summed E-state index contributed by atoms with van der Waals surface area (Å²) in [5.41, 5.74) is 2.38. The first-order valence-electron chi connectivity index (χ1n) is 7.43. The monoisotopic (exact) mass is 271 g/mol. The van der Waals surface area contributed by atoms with E-state index in [9.17, 15) is 0 Å². The van der Waals surface area contributed by atoms with Crippen LogP contribution in [0.2, 0.25) is 0 Å². The lowest BCUT2D eigenvalue weighted by molar-refractivity contribution is 0.472. The van der Waals surface area contributed by atoms with E-state index in [0.717, 1.165) is 25.2 Å². The average molecular weight is 271 g/mol. The highest BCUT2D eigenvalue weighted by Crippen LogP contribution is 2.15. The van der Waals surface area contributed by atoms with Gasteiger partial charge in [-0.3, -0.25) is 4.98 Å². The number of pyridine rings is 1. The molecule has 1 heterocycles. The number of fused-ring (bicyclic) bond motifs is 1. The van der Waals surface area contributed by atoms with E-state index in [0.29, 0.717) is 12.0 Å². The zero-order valence-corrected chi connectivity index (χ0v) is 12.7. The van der Waals surface area contributed by atoms with Crippen LogP contribution in [0.1, 0.15) is 26.3 Å². The molecule has 0 radical (unpaired) electrons. The molecule has 0 aliphatic carbocycles. The molecule has 3 nitrogen and oxygen atoms in total. The van der Waals surface area contributed by atoms with Crippen LogP contribution < -0.4 is 10.6 Å². The van der Waals surface area contributed by atoms with Crippen molar-refractivity contribution in [2.24, 2.45) is 5.92 Å². The highest BCUT2D eigenvalue weighted by atomic mass is 15.0. The van der Waals surface area contributed by atoms with Gasteiger partial charge in [-0.15, -0.1) is 0 Å². The summed E-state index contributed by atoms with van der Waals surface area (Å²) in [7, 11) is 0. The molecule has 108 valence electrons. The Morgan fingerprint density at radius 1 is 1.05 bits per heavy atom. The minimum atomic E-state index is 0.459. The van der Waals surface area contributed by atoms with Gasteiger partial charge >= 0.3 is 0 Å². The fraction of sp³-hybridized carbons (Fsp3) is 0.471. The maximum absolute atomic E-state index is 4.40. The average Bonchev–Trinajstić information content (AvgIpc) is 2.44. The Morgan fingerprint density at radius 3 is 2.65 bits per heavy atom. The van der Waals surface area contributed by atoms with Crippen molar-refractivity contribution in [1.29, 1.82) is 0 Å². The van der Waals surface area contributed by atoms with Gasteiger partial charge in [0.25, 0.3) is 0 Å². The molecule has 1 atom stereocenters. The molecule has 0 bridgehead atoms. The van der Waals surface area contributed by atoms with Crippen LogP contribution in [0.25, 0.3) is 10.9 Å². The van der Waals surface area contributed by atoms with E-state index < -0.39 is 0 Å². The number of nitrogens with one attached hydrogen (secondary N) is 2. The molecule has 1 aromatic carbocycles. The van der Waals surface area contributed by atoms with E-state index in [4.69, 9.17) is 0 Å². The van der Waals surface area contributed by atoms with Crippen molar-refractivity contribution < 1.29 is 0 Å². The fourth-order valence-electron chi connectivity index (χ4n) is 2.25. The molecule has 20 heavy (non-hydrogen) atoms.